The van der Waals surface area contributed by atoms with Crippen molar-refractivity contribution < 1.29 is 0 Å². The van der Waals surface area contributed by atoms with E-state index >= 15 is 0 Å². The molecule has 22 heavy (non-hydrogen) atoms. The predicted octanol–water partition coefficient (Wildman–Crippen LogP) is 2.29. The molecule has 0 aromatic carbocycles. The fourth-order valence-corrected chi connectivity index (χ4v) is 4.12. The minimum atomic E-state index is 0.0294. The van der Waals surface area contributed by atoms with Crippen LogP contribution in [0.1, 0.15) is 44.1 Å². The first kappa shape index (κ1) is 15.8. The Bertz CT molecular complexity index is 519. The monoisotopic (exact) mass is 303 g/mol. The van der Waals surface area contributed by atoms with Crippen LogP contribution in [0.2, 0.25) is 0 Å². The number of hydrogen-bond acceptors (Lipinski definition) is 3. The molecule has 4 heteroatoms. The molecule has 4 nitrogen and oxygen atoms in total. The van der Waals surface area contributed by atoms with Crippen molar-refractivity contribution in [1.29, 1.82) is 0 Å². The molecule has 0 saturated carbocycles. The molecule has 3 heterocycles. The highest BCUT2D eigenvalue weighted by atomic mass is 16.1. The summed E-state index contributed by atoms with van der Waals surface area (Å²) < 4.78 is 0. The van der Waals surface area contributed by atoms with Gasteiger partial charge >= 0.3 is 0 Å². The number of aromatic nitrogens is 1. The van der Waals surface area contributed by atoms with Gasteiger partial charge in [-0.2, -0.15) is 0 Å². The highest BCUT2D eigenvalue weighted by molar-refractivity contribution is 5.16. The molecule has 1 N–H and O–H groups in total. The van der Waals surface area contributed by atoms with Crippen molar-refractivity contribution >= 4 is 0 Å². The summed E-state index contributed by atoms with van der Waals surface area (Å²) in [6.45, 7) is 9.66. The molecule has 1 atom stereocenters. The van der Waals surface area contributed by atoms with Crippen LogP contribution in [-0.4, -0.2) is 54.1 Å². The zero-order valence-electron chi connectivity index (χ0n) is 13.8. The normalized spacial score (nSPS) is 25.4. The third-order valence-corrected chi connectivity index (χ3v) is 5.42. The first-order valence-electron chi connectivity index (χ1n) is 8.88. The van der Waals surface area contributed by atoms with Crippen LogP contribution in [-0.2, 0) is 0 Å². The second kappa shape index (κ2) is 7.42. The number of rotatable bonds is 4. The van der Waals surface area contributed by atoms with Gasteiger partial charge in [-0.1, -0.05) is 6.92 Å². The number of likely N-dealkylation sites (tertiary alicyclic amines) is 2. The van der Waals surface area contributed by atoms with Crippen LogP contribution >= 0.6 is 0 Å². The number of piperidine rings is 2. The molecule has 0 amide bonds. The van der Waals surface area contributed by atoms with Gasteiger partial charge in [0, 0.05) is 25.4 Å². The molecule has 1 aromatic rings. The highest BCUT2D eigenvalue weighted by Gasteiger charge is 2.25. The Kier molecular flexibility index (Phi) is 5.32. The molecule has 1 unspecified atom stereocenters. The van der Waals surface area contributed by atoms with Gasteiger partial charge in [-0.05, 0) is 75.3 Å². The zero-order valence-corrected chi connectivity index (χ0v) is 13.8. The second-order valence-corrected chi connectivity index (χ2v) is 6.96. The van der Waals surface area contributed by atoms with E-state index in [0.717, 1.165) is 5.92 Å². The minimum Gasteiger partial charge on any atom is -0.329 e. The molecule has 0 radical (unpaired) electrons. The first-order chi connectivity index (χ1) is 10.7. The summed E-state index contributed by atoms with van der Waals surface area (Å²) in [5.41, 5.74) is 1.25. The quantitative estimate of drug-likeness (QED) is 0.927. The molecule has 2 fully saturated rings. The summed E-state index contributed by atoms with van der Waals surface area (Å²) in [7, 11) is 0. The number of H-pyrrole nitrogens is 1. The van der Waals surface area contributed by atoms with Gasteiger partial charge in [0.15, 0.2) is 0 Å². The molecule has 0 aliphatic carbocycles. The van der Waals surface area contributed by atoms with Gasteiger partial charge in [0.05, 0.1) is 0 Å². The Balaban J connectivity index is 1.48. The van der Waals surface area contributed by atoms with E-state index in [1.807, 2.05) is 0 Å². The number of pyridine rings is 1. The second-order valence-electron chi connectivity index (χ2n) is 6.96. The van der Waals surface area contributed by atoms with Crippen molar-refractivity contribution in [3.63, 3.8) is 0 Å². The zero-order chi connectivity index (χ0) is 15.4. The lowest BCUT2D eigenvalue weighted by Gasteiger charge is -2.38. The fraction of sp³-hybridized carbons (Fsp3) is 0.722. The summed E-state index contributed by atoms with van der Waals surface area (Å²) in [4.78, 5) is 19.4. The SMILES string of the molecule is CCN1CCCC(CN2CCC(c3cc[nH]c(=O)c3)CC2)C1. The van der Waals surface area contributed by atoms with Crippen molar-refractivity contribution in [2.45, 2.75) is 38.5 Å². The van der Waals surface area contributed by atoms with E-state index in [0.29, 0.717) is 5.92 Å². The Morgan fingerprint density at radius 1 is 1.18 bits per heavy atom. The summed E-state index contributed by atoms with van der Waals surface area (Å²) >= 11 is 0. The van der Waals surface area contributed by atoms with E-state index in [-0.39, 0.29) is 5.56 Å². The molecule has 2 aliphatic rings. The maximum atomic E-state index is 11.4. The largest absolute Gasteiger partial charge is 0.329 e. The molecular weight excluding hydrogens is 274 g/mol. The molecule has 0 bridgehead atoms. The Hall–Kier alpha value is -1.13. The number of nitrogens with zero attached hydrogens (tertiary/aromatic N) is 2. The van der Waals surface area contributed by atoms with E-state index in [9.17, 15) is 4.79 Å². The van der Waals surface area contributed by atoms with E-state index in [2.05, 4.69) is 27.8 Å². The Labute approximate surface area is 133 Å². The standard InChI is InChI=1S/C18H29N3O/c1-2-20-9-3-4-15(13-20)14-21-10-6-16(7-11-21)17-5-8-19-18(22)12-17/h5,8,12,15-16H,2-4,6-7,9-11,13-14H2,1H3,(H,19,22). The molecule has 0 spiro atoms. The van der Waals surface area contributed by atoms with Gasteiger partial charge in [0.1, 0.15) is 0 Å². The topological polar surface area (TPSA) is 39.3 Å². The number of aromatic amines is 1. The minimum absolute atomic E-state index is 0.0294. The van der Waals surface area contributed by atoms with Gasteiger partial charge in [-0.25, -0.2) is 0 Å². The maximum absolute atomic E-state index is 11.4. The van der Waals surface area contributed by atoms with Gasteiger partial charge in [0.2, 0.25) is 5.56 Å². The van der Waals surface area contributed by atoms with Crippen molar-refractivity contribution in [2.24, 2.45) is 5.92 Å². The van der Waals surface area contributed by atoms with Crippen LogP contribution in [0.5, 0.6) is 0 Å². The van der Waals surface area contributed by atoms with Crippen molar-refractivity contribution in [3.05, 3.63) is 34.2 Å². The molecule has 2 aliphatic heterocycles. The lowest BCUT2D eigenvalue weighted by atomic mass is 9.89. The smallest absolute Gasteiger partial charge is 0.248 e. The lowest BCUT2D eigenvalue weighted by Crippen LogP contribution is -2.43. The van der Waals surface area contributed by atoms with Gasteiger partial charge < -0.3 is 14.8 Å². The van der Waals surface area contributed by atoms with E-state index in [1.165, 1.54) is 70.5 Å². The molecule has 2 saturated heterocycles. The molecular formula is C18H29N3O. The number of nitrogens with one attached hydrogen (secondary N) is 1. The van der Waals surface area contributed by atoms with E-state index in [4.69, 9.17) is 0 Å². The van der Waals surface area contributed by atoms with Crippen LogP contribution in [0.25, 0.3) is 0 Å². The summed E-state index contributed by atoms with van der Waals surface area (Å²) in [6.07, 6.45) is 6.92. The fourth-order valence-electron chi connectivity index (χ4n) is 4.12. The van der Waals surface area contributed by atoms with Gasteiger partial charge in [-0.15, -0.1) is 0 Å². The summed E-state index contributed by atoms with van der Waals surface area (Å²) in [6, 6.07) is 3.85. The van der Waals surface area contributed by atoms with Gasteiger partial charge in [0.25, 0.3) is 0 Å². The van der Waals surface area contributed by atoms with Crippen LogP contribution in [0.3, 0.4) is 0 Å². The Morgan fingerprint density at radius 2 is 2.00 bits per heavy atom. The van der Waals surface area contributed by atoms with E-state index < -0.39 is 0 Å². The van der Waals surface area contributed by atoms with Crippen LogP contribution in [0.4, 0.5) is 0 Å². The molecule has 122 valence electrons. The predicted molar refractivity (Wildman–Crippen MR) is 90.3 cm³/mol. The lowest BCUT2D eigenvalue weighted by molar-refractivity contribution is 0.121. The van der Waals surface area contributed by atoms with Crippen LogP contribution in [0.15, 0.2) is 23.1 Å². The average molecular weight is 303 g/mol. The molecule has 1 aromatic heterocycles. The van der Waals surface area contributed by atoms with Crippen LogP contribution in [0, 0.1) is 5.92 Å². The third-order valence-electron chi connectivity index (χ3n) is 5.42. The van der Waals surface area contributed by atoms with E-state index in [1.54, 1.807) is 12.3 Å². The molecule has 3 rings (SSSR count). The Morgan fingerprint density at radius 3 is 2.73 bits per heavy atom. The summed E-state index contributed by atoms with van der Waals surface area (Å²) in [5.74, 6) is 1.42. The first-order valence-corrected chi connectivity index (χ1v) is 8.88. The highest BCUT2D eigenvalue weighted by Crippen LogP contribution is 2.28. The van der Waals surface area contributed by atoms with Crippen molar-refractivity contribution in [2.75, 3.05) is 39.3 Å². The van der Waals surface area contributed by atoms with Gasteiger partial charge in [-0.3, -0.25) is 4.79 Å². The van der Waals surface area contributed by atoms with Crippen molar-refractivity contribution in [1.82, 2.24) is 14.8 Å². The van der Waals surface area contributed by atoms with Crippen LogP contribution < -0.4 is 5.56 Å². The third kappa shape index (κ3) is 3.99. The average Bonchev–Trinajstić information content (AvgIpc) is 2.56. The summed E-state index contributed by atoms with van der Waals surface area (Å²) in [5, 5.41) is 0. The van der Waals surface area contributed by atoms with Crippen molar-refractivity contribution in [3.8, 4) is 0 Å². The number of hydrogen-bond donors (Lipinski definition) is 1. The maximum Gasteiger partial charge on any atom is 0.248 e.